The minimum atomic E-state index is -0.591. The van der Waals surface area contributed by atoms with Crippen LogP contribution in [0.3, 0.4) is 0 Å². The highest BCUT2D eigenvalue weighted by atomic mass is 16.6. The molecule has 2 atom stereocenters. The zero-order valence-corrected chi connectivity index (χ0v) is 9.34. The zero-order chi connectivity index (χ0) is 12.6. The van der Waals surface area contributed by atoms with E-state index in [0.29, 0.717) is 11.6 Å². The number of carbonyl (C=O) groups excluding carboxylic acids is 1. The highest BCUT2D eigenvalue weighted by Crippen LogP contribution is 2.35. The lowest BCUT2D eigenvalue weighted by Gasteiger charge is -2.07. The summed E-state index contributed by atoms with van der Waals surface area (Å²) in [6.45, 7) is 2.06. The number of nitrogens with zero attached hydrogens (tertiary/aromatic N) is 1. The zero-order valence-electron chi connectivity index (χ0n) is 9.34. The van der Waals surface area contributed by atoms with Crippen LogP contribution in [0.25, 0.3) is 0 Å². The van der Waals surface area contributed by atoms with E-state index in [2.05, 4.69) is 12.2 Å². The van der Waals surface area contributed by atoms with E-state index in [1.807, 2.05) is 0 Å². The molecule has 2 rings (SSSR count). The number of nitro groups is 1. The summed E-state index contributed by atoms with van der Waals surface area (Å²) in [4.78, 5) is 21.4. The van der Waals surface area contributed by atoms with Gasteiger partial charge in [0.1, 0.15) is 5.69 Å². The quantitative estimate of drug-likeness (QED) is 0.610. The molecule has 0 heterocycles. The first kappa shape index (κ1) is 11.4. The van der Waals surface area contributed by atoms with Gasteiger partial charge in [0.25, 0.3) is 5.69 Å². The summed E-state index contributed by atoms with van der Waals surface area (Å²) in [6.07, 6.45) is 0.984. The van der Waals surface area contributed by atoms with E-state index in [4.69, 9.17) is 5.73 Å². The average molecular weight is 235 g/mol. The first-order chi connectivity index (χ1) is 7.99. The molecule has 90 valence electrons. The molecule has 0 radical (unpaired) electrons. The molecule has 1 amide bonds. The Kier molecular flexibility index (Phi) is 2.71. The number of nitro benzene ring substituents is 1. The molecule has 1 aliphatic rings. The van der Waals surface area contributed by atoms with Crippen molar-refractivity contribution in [1.82, 2.24) is 0 Å². The van der Waals surface area contributed by atoms with Gasteiger partial charge >= 0.3 is 0 Å². The van der Waals surface area contributed by atoms with Crippen molar-refractivity contribution in [3.63, 3.8) is 0 Å². The fraction of sp³-hybridized carbons (Fsp3) is 0.364. The van der Waals surface area contributed by atoms with Gasteiger partial charge in [0, 0.05) is 17.7 Å². The first-order valence-electron chi connectivity index (χ1n) is 5.34. The topological polar surface area (TPSA) is 98.3 Å². The van der Waals surface area contributed by atoms with Gasteiger partial charge in [-0.3, -0.25) is 14.9 Å². The van der Waals surface area contributed by atoms with Crippen molar-refractivity contribution in [2.75, 3.05) is 5.32 Å². The number of carbonyl (C=O) groups is 1. The van der Waals surface area contributed by atoms with E-state index in [1.165, 1.54) is 18.2 Å². The molecular formula is C11H13N3O3. The lowest BCUT2D eigenvalue weighted by atomic mass is 10.1. The molecular weight excluding hydrogens is 222 g/mol. The molecule has 6 nitrogen and oxygen atoms in total. The predicted molar refractivity (Wildman–Crippen MR) is 62.8 cm³/mol. The Morgan fingerprint density at radius 2 is 2.24 bits per heavy atom. The lowest BCUT2D eigenvalue weighted by molar-refractivity contribution is -0.384. The van der Waals surface area contributed by atoms with Crippen molar-refractivity contribution in [2.24, 2.45) is 11.7 Å². The summed E-state index contributed by atoms with van der Waals surface area (Å²) in [6, 6.07) is 4.35. The third kappa shape index (κ3) is 2.35. The average Bonchev–Trinajstić information content (AvgIpc) is 2.93. The second kappa shape index (κ2) is 4.04. The van der Waals surface area contributed by atoms with E-state index in [0.717, 1.165) is 6.42 Å². The van der Waals surface area contributed by atoms with Crippen LogP contribution in [-0.2, 0) is 0 Å². The highest BCUT2D eigenvalue weighted by molar-refractivity contribution is 5.94. The number of nitrogens with one attached hydrogen (secondary N) is 1. The second-order valence-corrected chi connectivity index (χ2v) is 4.32. The molecule has 17 heavy (non-hydrogen) atoms. The van der Waals surface area contributed by atoms with Gasteiger partial charge in [-0.05, 0) is 24.5 Å². The summed E-state index contributed by atoms with van der Waals surface area (Å²) in [5.74, 6) is -0.0846. The third-order valence-electron chi connectivity index (χ3n) is 2.93. The van der Waals surface area contributed by atoms with Gasteiger partial charge in [0.05, 0.1) is 4.92 Å². The Morgan fingerprint density at radius 1 is 1.59 bits per heavy atom. The van der Waals surface area contributed by atoms with Crippen LogP contribution in [0.4, 0.5) is 11.4 Å². The Hall–Kier alpha value is -2.11. The molecule has 0 aliphatic heterocycles. The smallest absolute Gasteiger partial charge is 0.292 e. The normalized spacial score (nSPS) is 21.9. The Bertz CT molecular complexity index is 487. The van der Waals surface area contributed by atoms with Gasteiger partial charge < -0.3 is 11.1 Å². The van der Waals surface area contributed by atoms with E-state index in [-0.39, 0.29) is 17.3 Å². The van der Waals surface area contributed by atoms with Crippen molar-refractivity contribution >= 4 is 17.3 Å². The van der Waals surface area contributed by atoms with Gasteiger partial charge in [-0.25, -0.2) is 0 Å². The van der Waals surface area contributed by atoms with Gasteiger partial charge in [-0.1, -0.05) is 6.92 Å². The van der Waals surface area contributed by atoms with Crippen LogP contribution in [0.2, 0.25) is 0 Å². The second-order valence-electron chi connectivity index (χ2n) is 4.32. The summed E-state index contributed by atoms with van der Waals surface area (Å²) in [5.41, 5.74) is 5.74. The molecule has 2 unspecified atom stereocenters. The van der Waals surface area contributed by atoms with E-state index in [9.17, 15) is 14.9 Å². The molecule has 1 aromatic carbocycles. The van der Waals surface area contributed by atoms with Gasteiger partial charge in [-0.15, -0.1) is 0 Å². The lowest BCUT2D eigenvalue weighted by Crippen LogP contribution is -2.13. The maximum absolute atomic E-state index is 11.0. The van der Waals surface area contributed by atoms with Crippen molar-refractivity contribution in [3.8, 4) is 0 Å². The summed E-state index contributed by atoms with van der Waals surface area (Å²) in [7, 11) is 0. The molecule has 1 saturated carbocycles. The minimum absolute atomic E-state index is 0.0332. The van der Waals surface area contributed by atoms with Crippen LogP contribution < -0.4 is 11.1 Å². The maximum atomic E-state index is 11.0. The number of hydrogen-bond donors (Lipinski definition) is 2. The monoisotopic (exact) mass is 235 g/mol. The molecule has 0 aromatic heterocycles. The van der Waals surface area contributed by atoms with Crippen LogP contribution in [0.15, 0.2) is 18.2 Å². The third-order valence-corrected chi connectivity index (χ3v) is 2.93. The Morgan fingerprint density at radius 3 is 2.71 bits per heavy atom. The molecule has 0 bridgehead atoms. The van der Waals surface area contributed by atoms with E-state index in [1.54, 1.807) is 0 Å². The van der Waals surface area contributed by atoms with Crippen LogP contribution in [0, 0.1) is 16.0 Å². The Labute approximate surface area is 98.0 Å². The summed E-state index contributed by atoms with van der Waals surface area (Å²) < 4.78 is 0. The molecule has 1 aliphatic carbocycles. The van der Waals surface area contributed by atoms with Gasteiger partial charge in [0.2, 0.25) is 5.91 Å². The molecule has 6 heteroatoms. The van der Waals surface area contributed by atoms with Gasteiger partial charge in [0.15, 0.2) is 0 Å². The fourth-order valence-corrected chi connectivity index (χ4v) is 1.69. The van der Waals surface area contributed by atoms with Gasteiger partial charge in [-0.2, -0.15) is 0 Å². The van der Waals surface area contributed by atoms with E-state index >= 15 is 0 Å². The van der Waals surface area contributed by atoms with Crippen molar-refractivity contribution in [3.05, 3.63) is 33.9 Å². The largest absolute Gasteiger partial charge is 0.376 e. The number of nitrogens with two attached hydrogens (primary N) is 1. The number of amides is 1. The van der Waals surface area contributed by atoms with Crippen molar-refractivity contribution < 1.29 is 9.72 Å². The first-order valence-corrected chi connectivity index (χ1v) is 5.34. The predicted octanol–water partition coefficient (Wildman–Crippen LogP) is 1.51. The molecule has 1 aromatic rings. The fourth-order valence-electron chi connectivity index (χ4n) is 1.69. The number of rotatable bonds is 4. The van der Waals surface area contributed by atoms with E-state index < -0.39 is 10.8 Å². The molecule has 0 spiro atoms. The van der Waals surface area contributed by atoms with Crippen LogP contribution in [0.5, 0.6) is 0 Å². The summed E-state index contributed by atoms with van der Waals surface area (Å²) in [5, 5.41) is 13.9. The number of benzene rings is 1. The standard InChI is InChI=1S/C11H13N3O3/c1-6-4-8(6)13-9-5-7(11(12)15)2-3-10(9)14(16)17/h2-3,5-6,8,13H,4H2,1H3,(H2,12,15). The van der Waals surface area contributed by atoms with Crippen LogP contribution >= 0.6 is 0 Å². The molecule has 0 saturated heterocycles. The highest BCUT2D eigenvalue weighted by Gasteiger charge is 2.34. The Balaban J connectivity index is 2.33. The van der Waals surface area contributed by atoms with Crippen LogP contribution in [-0.4, -0.2) is 16.9 Å². The molecule has 3 N–H and O–H groups in total. The summed E-state index contributed by atoms with van der Waals surface area (Å²) >= 11 is 0. The number of hydrogen-bond acceptors (Lipinski definition) is 4. The number of primary amides is 1. The van der Waals surface area contributed by atoms with Crippen LogP contribution in [0.1, 0.15) is 23.7 Å². The minimum Gasteiger partial charge on any atom is -0.376 e. The number of anilines is 1. The SMILES string of the molecule is CC1CC1Nc1cc(C(N)=O)ccc1[N+](=O)[O-]. The van der Waals surface area contributed by atoms with Crippen molar-refractivity contribution in [1.29, 1.82) is 0 Å². The van der Waals surface area contributed by atoms with Crippen molar-refractivity contribution in [2.45, 2.75) is 19.4 Å². The maximum Gasteiger partial charge on any atom is 0.292 e. The molecule has 1 fully saturated rings.